The Kier molecular flexibility index (Phi) is 4.23. The number of hydrogen-bond donors (Lipinski definition) is 2. The summed E-state index contributed by atoms with van der Waals surface area (Å²) in [7, 11) is 0. The van der Waals surface area contributed by atoms with Crippen molar-refractivity contribution < 1.29 is 0 Å². The lowest BCUT2D eigenvalue weighted by molar-refractivity contribution is 0.255. The van der Waals surface area contributed by atoms with Crippen LogP contribution in [0.5, 0.6) is 0 Å². The molecule has 1 aromatic carbocycles. The zero-order chi connectivity index (χ0) is 13.9. The molecular formula is C18H26N2. The Morgan fingerprint density at radius 2 is 2.00 bits per heavy atom. The number of rotatable bonds is 6. The van der Waals surface area contributed by atoms with Crippen LogP contribution < -0.4 is 11.1 Å². The Morgan fingerprint density at radius 1 is 1.25 bits per heavy atom. The fourth-order valence-corrected chi connectivity index (χ4v) is 3.34. The molecule has 1 aromatic rings. The first-order valence-electron chi connectivity index (χ1n) is 8.00. The third kappa shape index (κ3) is 3.31. The molecule has 108 valence electrons. The first-order chi connectivity index (χ1) is 9.76. The van der Waals surface area contributed by atoms with Gasteiger partial charge in [-0.2, -0.15) is 0 Å². The van der Waals surface area contributed by atoms with Crippen molar-refractivity contribution in [2.75, 3.05) is 6.54 Å². The summed E-state index contributed by atoms with van der Waals surface area (Å²) in [5.41, 5.74) is 8.77. The van der Waals surface area contributed by atoms with Gasteiger partial charge in [0.15, 0.2) is 0 Å². The monoisotopic (exact) mass is 270 g/mol. The van der Waals surface area contributed by atoms with Crippen molar-refractivity contribution in [3.63, 3.8) is 0 Å². The van der Waals surface area contributed by atoms with Gasteiger partial charge in [0.25, 0.3) is 0 Å². The van der Waals surface area contributed by atoms with Crippen molar-refractivity contribution >= 4 is 6.08 Å². The zero-order valence-electron chi connectivity index (χ0n) is 12.4. The lowest BCUT2D eigenvalue weighted by Crippen LogP contribution is -2.42. The lowest BCUT2D eigenvalue weighted by atomic mass is 9.81. The maximum absolute atomic E-state index is 5.84. The first-order valence-corrected chi connectivity index (χ1v) is 8.00. The highest BCUT2D eigenvalue weighted by atomic mass is 15.0. The second-order valence-electron chi connectivity index (χ2n) is 6.44. The summed E-state index contributed by atoms with van der Waals surface area (Å²) in [6.07, 6.45) is 7.28. The standard InChI is InChI=1S/C18H26N2/c1-2-15(8-13-6-4-3-5-7-13)17-11-18(17)20-12-14-9-16(19)10-14/h3-8,14,16-18,20H,2,9-12,19H2,1H3/b15-8+/t14?,16?,17-,18+/m0/s1. The third-order valence-corrected chi connectivity index (χ3v) is 4.77. The number of nitrogens with one attached hydrogen (secondary N) is 1. The van der Waals surface area contributed by atoms with Gasteiger partial charge in [0.1, 0.15) is 0 Å². The van der Waals surface area contributed by atoms with Crippen molar-refractivity contribution in [2.24, 2.45) is 17.6 Å². The van der Waals surface area contributed by atoms with Crippen molar-refractivity contribution in [2.45, 2.75) is 44.7 Å². The van der Waals surface area contributed by atoms with Gasteiger partial charge in [-0.25, -0.2) is 0 Å². The molecule has 0 aromatic heterocycles. The van der Waals surface area contributed by atoms with Crippen molar-refractivity contribution in [3.8, 4) is 0 Å². The molecule has 0 radical (unpaired) electrons. The van der Waals surface area contributed by atoms with Crippen LogP contribution in [0.15, 0.2) is 35.9 Å². The maximum Gasteiger partial charge on any atom is 0.0140 e. The van der Waals surface area contributed by atoms with E-state index in [4.69, 9.17) is 5.73 Å². The van der Waals surface area contributed by atoms with Gasteiger partial charge in [0.05, 0.1) is 0 Å². The normalized spacial score (nSPS) is 32.8. The van der Waals surface area contributed by atoms with E-state index in [0.29, 0.717) is 12.1 Å². The van der Waals surface area contributed by atoms with Crippen LogP contribution in [0.25, 0.3) is 6.08 Å². The lowest BCUT2D eigenvalue weighted by Gasteiger charge is -2.32. The molecule has 0 aliphatic heterocycles. The van der Waals surface area contributed by atoms with E-state index >= 15 is 0 Å². The minimum Gasteiger partial charge on any atom is -0.328 e. The SMILES string of the molecule is CC/C(=C\c1ccccc1)[C@@H]1C[C@H]1NCC1CC(N)C1. The minimum absolute atomic E-state index is 0.473. The average Bonchev–Trinajstić information content (AvgIpc) is 3.20. The highest BCUT2D eigenvalue weighted by molar-refractivity contribution is 5.54. The van der Waals surface area contributed by atoms with Crippen LogP contribution in [0.2, 0.25) is 0 Å². The predicted octanol–water partition coefficient (Wildman–Crippen LogP) is 3.20. The molecule has 2 fully saturated rings. The van der Waals surface area contributed by atoms with Gasteiger partial charge in [0, 0.05) is 12.1 Å². The second-order valence-corrected chi connectivity index (χ2v) is 6.44. The molecule has 2 aliphatic rings. The fourth-order valence-electron chi connectivity index (χ4n) is 3.34. The topological polar surface area (TPSA) is 38.0 Å². The summed E-state index contributed by atoms with van der Waals surface area (Å²) in [6, 6.07) is 11.9. The van der Waals surface area contributed by atoms with E-state index in [1.54, 1.807) is 5.57 Å². The average molecular weight is 270 g/mol. The largest absolute Gasteiger partial charge is 0.328 e. The van der Waals surface area contributed by atoms with Crippen LogP contribution in [0.3, 0.4) is 0 Å². The molecule has 0 saturated heterocycles. The van der Waals surface area contributed by atoms with Crippen molar-refractivity contribution in [1.82, 2.24) is 5.32 Å². The van der Waals surface area contributed by atoms with Gasteiger partial charge in [-0.15, -0.1) is 0 Å². The summed E-state index contributed by atoms with van der Waals surface area (Å²) in [5.74, 6) is 1.59. The van der Waals surface area contributed by atoms with Crippen molar-refractivity contribution in [1.29, 1.82) is 0 Å². The summed E-state index contributed by atoms with van der Waals surface area (Å²) < 4.78 is 0. The van der Waals surface area contributed by atoms with Gasteiger partial charge < -0.3 is 11.1 Å². The molecule has 2 heteroatoms. The van der Waals surface area contributed by atoms with Crippen LogP contribution in [0.4, 0.5) is 0 Å². The second kappa shape index (κ2) is 6.11. The smallest absolute Gasteiger partial charge is 0.0140 e. The Balaban J connectivity index is 1.50. The van der Waals surface area contributed by atoms with Crippen LogP contribution >= 0.6 is 0 Å². The van der Waals surface area contributed by atoms with Gasteiger partial charge in [-0.05, 0) is 49.6 Å². The molecule has 20 heavy (non-hydrogen) atoms. The summed E-state index contributed by atoms with van der Waals surface area (Å²) >= 11 is 0. The quantitative estimate of drug-likeness (QED) is 0.833. The molecule has 2 nitrogen and oxygen atoms in total. The Hall–Kier alpha value is -1.12. The van der Waals surface area contributed by atoms with E-state index in [0.717, 1.165) is 24.8 Å². The first kappa shape index (κ1) is 13.8. The van der Waals surface area contributed by atoms with E-state index in [1.807, 2.05) is 0 Å². The number of nitrogens with two attached hydrogens (primary N) is 1. The van der Waals surface area contributed by atoms with Gasteiger partial charge in [-0.1, -0.05) is 48.9 Å². The Bertz CT molecular complexity index is 460. The zero-order valence-corrected chi connectivity index (χ0v) is 12.4. The highest BCUT2D eigenvalue weighted by Gasteiger charge is 2.39. The summed E-state index contributed by atoms with van der Waals surface area (Å²) in [6.45, 7) is 3.44. The number of hydrogen-bond acceptors (Lipinski definition) is 2. The molecular weight excluding hydrogens is 244 g/mol. The van der Waals surface area contributed by atoms with E-state index in [9.17, 15) is 0 Å². The molecule has 2 atom stereocenters. The molecule has 3 rings (SSSR count). The van der Waals surface area contributed by atoms with Crippen LogP contribution in [-0.4, -0.2) is 18.6 Å². The van der Waals surface area contributed by atoms with Gasteiger partial charge in [0.2, 0.25) is 0 Å². The summed E-state index contributed by atoms with van der Waals surface area (Å²) in [5, 5.41) is 3.73. The fraction of sp³-hybridized carbons (Fsp3) is 0.556. The summed E-state index contributed by atoms with van der Waals surface area (Å²) in [4.78, 5) is 0. The molecule has 0 amide bonds. The van der Waals surface area contributed by atoms with Crippen LogP contribution in [0.1, 0.15) is 38.2 Å². The van der Waals surface area contributed by atoms with Crippen LogP contribution in [0, 0.1) is 11.8 Å². The van der Waals surface area contributed by atoms with Gasteiger partial charge >= 0.3 is 0 Å². The maximum atomic E-state index is 5.84. The van der Waals surface area contributed by atoms with E-state index < -0.39 is 0 Å². The van der Waals surface area contributed by atoms with Gasteiger partial charge in [-0.3, -0.25) is 0 Å². The Morgan fingerprint density at radius 3 is 2.65 bits per heavy atom. The molecule has 0 unspecified atom stereocenters. The molecule has 0 bridgehead atoms. The highest BCUT2D eigenvalue weighted by Crippen LogP contribution is 2.40. The van der Waals surface area contributed by atoms with Crippen LogP contribution in [-0.2, 0) is 0 Å². The Labute approximate surface area is 122 Å². The molecule has 3 N–H and O–H groups in total. The molecule has 0 spiro atoms. The molecule has 2 saturated carbocycles. The predicted molar refractivity (Wildman–Crippen MR) is 85.3 cm³/mol. The van der Waals surface area contributed by atoms with E-state index in [2.05, 4.69) is 48.6 Å². The minimum atomic E-state index is 0.473. The number of benzene rings is 1. The van der Waals surface area contributed by atoms with E-state index in [-0.39, 0.29) is 0 Å². The van der Waals surface area contributed by atoms with E-state index in [1.165, 1.54) is 24.8 Å². The molecule has 0 heterocycles. The van der Waals surface area contributed by atoms with Crippen molar-refractivity contribution in [3.05, 3.63) is 41.5 Å². The molecule has 2 aliphatic carbocycles. The third-order valence-electron chi connectivity index (χ3n) is 4.77.